The van der Waals surface area contributed by atoms with Crippen LogP contribution in [0.15, 0.2) is 42.2 Å². The van der Waals surface area contributed by atoms with Crippen LogP contribution < -0.4 is 0 Å². The molecule has 0 amide bonds. The minimum Gasteiger partial charge on any atom is -0.494 e. The van der Waals surface area contributed by atoms with Crippen LogP contribution in [-0.4, -0.2) is 12.1 Å². The molecule has 3 rings (SSSR count). The highest BCUT2D eigenvalue weighted by molar-refractivity contribution is 5.82. The molecule has 2 aliphatic rings. The van der Waals surface area contributed by atoms with Gasteiger partial charge in [-0.3, -0.25) is 0 Å². The third kappa shape index (κ3) is 2.98. The van der Waals surface area contributed by atoms with Crippen molar-refractivity contribution in [2.24, 2.45) is 5.92 Å². The average molecular weight is 258 g/mol. The molecular formula is C16H18O3. The molecule has 0 spiro atoms. The molecule has 3 nitrogen and oxygen atoms in total. The van der Waals surface area contributed by atoms with E-state index in [0.29, 0.717) is 18.6 Å². The van der Waals surface area contributed by atoms with Gasteiger partial charge in [-0.1, -0.05) is 30.3 Å². The number of fused-ring (bicyclic) bond motifs is 1. The highest BCUT2D eigenvalue weighted by Gasteiger charge is 2.36. The molecule has 1 aliphatic heterocycles. The maximum atomic E-state index is 11.7. The van der Waals surface area contributed by atoms with Crippen LogP contribution >= 0.6 is 0 Å². The van der Waals surface area contributed by atoms with Crippen molar-refractivity contribution in [1.82, 2.24) is 0 Å². The second-order valence-electron chi connectivity index (χ2n) is 5.26. The van der Waals surface area contributed by atoms with E-state index in [-0.39, 0.29) is 5.97 Å². The third-order valence-corrected chi connectivity index (χ3v) is 3.86. The Bertz CT molecular complexity index is 464. The lowest BCUT2D eigenvalue weighted by atomic mass is 10.0. The predicted octanol–water partition coefficient (Wildman–Crippen LogP) is 3.20. The SMILES string of the molecule is O=C(/C=C1/C[C@@H]2CCC[C@H]2O1)OCc1ccccc1. The summed E-state index contributed by atoms with van der Waals surface area (Å²) in [5.74, 6) is 1.11. The average Bonchev–Trinajstić information content (AvgIpc) is 2.98. The Hall–Kier alpha value is -1.77. The van der Waals surface area contributed by atoms with Gasteiger partial charge in [0.2, 0.25) is 0 Å². The van der Waals surface area contributed by atoms with Crippen LogP contribution in [0.2, 0.25) is 0 Å². The van der Waals surface area contributed by atoms with Gasteiger partial charge in [0, 0.05) is 12.3 Å². The number of carbonyl (C=O) groups excluding carboxylic acids is 1. The Kier molecular flexibility index (Phi) is 3.53. The van der Waals surface area contributed by atoms with Crippen molar-refractivity contribution in [1.29, 1.82) is 0 Å². The molecule has 1 aromatic carbocycles. The topological polar surface area (TPSA) is 35.5 Å². The molecule has 3 heteroatoms. The van der Waals surface area contributed by atoms with Gasteiger partial charge in [-0.05, 0) is 24.8 Å². The molecule has 0 N–H and O–H groups in total. The van der Waals surface area contributed by atoms with Gasteiger partial charge in [0.25, 0.3) is 0 Å². The van der Waals surface area contributed by atoms with E-state index in [0.717, 1.165) is 24.2 Å². The molecule has 0 radical (unpaired) electrons. The fraction of sp³-hybridized carbons (Fsp3) is 0.438. The number of carbonyl (C=O) groups is 1. The minimum atomic E-state index is -0.307. The summed E-state index contributed by atoms with van der Waals surface area (Å²) >= 11 is 0. The molecule has 0 unspecified atom stereocenters. The largest absolute Gasteiger partial charge is 0.494 e. The lowest BCUT2D eigenvalue weighted by molar-refractivity contribution is -0.139. The van der Waals surface area contributed by atoms with Crippen LogP contribution in [0.3, 0.4) is 0 Å². The lowest BCUT2D eigenvalue weighted by Gasteiger charge is -2.07. The van der Waals surface area contributed by atoms with Gasteiger partial charge in [-0.2, -0.15) is 0 Å². The maximum Gasteiger partial charge on any atom is 0.334 e. The summed E-state index contributed by atoms with van der Waals surface area (Å²) in [5.41, 5.74) is 0.999. The number of hydrogen-bond acceptors (Lipinski definition) is 3. The smallest absolute Gasteiger partial charge is 0.334 e. The van der Waals surface area contributed by atoms with Crippen LogP contribution in [0.5, 0.6) is 0 Å². The molecule has 0 aromatic heterocycles. The first-order valence-corrected chi connectivity index (χ1v) is 6.89. The summed E-state index contributed by atoms with van der Waals surface area (Å²) in [4.78, 5) is 11.7. The van der Waals surface area contributed by atoms with Crippen molar-refractivity contribution < 1.29 is 14.3 Å². The minimum absolute atomic E-state index is 0.307. The van der Waals surface area contributed by atoms with E-state index in [9.17, 15) is 4.79 Å². The Morgan fingerprint density at radius 3 is 2.95 bits per heavy atom. The number of rotatable bonds is 3. The van der Waals surface area contributed by atoms with Gasteiger partial charge in [0.15, 0.2) is 0 Å². The molecule has 1 saturated carbocycles. The Labute approximate surface area is 113 Å². The molecular weight excluding hydrogens is 240 g/mol. The molecule has 1 aliphatic carbocycles. The first-order valence-electron chi connectivity index (χ1n) is 6.89. The third-order valence-electron chi connectivity index (χ3n) is 3.86. The Balaban J connectivity index is 1.51. The summed E-state index contributed by atoms with van der Waals surface area (Å²) in [6.45, 7) is 0.316. The van der Waals surface area contributed by atoms with Crippen molar-refractivity contribution in [3.8, 4) is 0 Å². The number of ether oxygens (including phenoxy) is 2. The standard InChI is InChI=1S/C16H18O3/c17-16(18-11-12-5-2-1-3-6-12)10-14-9-13-7-4-8-15(13)19-14/h1-3,5-6,10,13,15H,4,7-9,11H2/b14-10-/t13-,15+/m0/s1. The highest BCUT2D eigenvalue weighted by Crippen LogP contribution is 2.40. The molecule has 0 bridgehead atoms. The fourth-order valence-corrected chi connectivity index (χ4v) is 2.89. The quantitative estimate of drug-likeness (QED) is 0.617. The number of hydrogen-bond donors (Lipinski definition) is 0. The van der Waals surface area contributed by atoms with Gasteiger partial charge in [-0.25, -0.2) is 4.79 Å². The van der Waals surface area contributed by atoms with Crippen LogP contribution in [0.4, 0.5) is 0 Å². The van der Waals surface area contributed by atoms with Crippen molar-refractivity contribution in [2.75, 3.05) is 0 Å². The van der Waals surface area contributed by atoms with E-state index >= 15 is 0 Å². The second kappa shape index (κ2) is 5.47. The number of allylic oxidation sites excluding steroid dienone is 1. The predicted molar refractivity (Wildman–Crippen MR) is 71.2 cm³/mol. The van der Waals surface area contributed by atoms with Gasteiger partial charge < -0.3 is 9.47 Å². The summed E-state index contributed by atoms with van der Waals surface area (Å²) in [6.07, 6.45) is 6.35. The molecule has 19 heavy (non-hydrogen) atoms. The van der Waals surface area contributed by atoms with E-state index in [1.54, 1.807) is 0 Å². The van der Waals surface area contributed by atoms with E-state index < -0.39 is 0 Å². The van der Waals surface area contributed by atoms with Gasteiger partial charge in [0.05, 0.1) is 6.08 Å². The van der Waals surface area contributed by atoms with E-state index in [2.05, 4.69) is 0 Å². The zero-order valence-electron chi connectivity index (χ0n) is 10.9. The fourth-order valence-electron chi connectivity index (χ4n) is 2.89. The number of esters is 1. The zero-order valence-corrected chi connectivity index (χ0v) is 10.9. The Morgan fingerprint density at radius 2 is 2.16 bits per heavy atom. The summed E-state index contributed by atoms with van der Waals surface area (Å²) in [5, 5.41) is 0. The van der Waals surface area contributed by atoms with Gasteiger partial charge in [0.1, 0.15) is 18.5 Å². The molecule has 1 aromatic rings. The summed E-state index contributed by atoms with van der Waals surface area (Å²) < 4.78 is 11.0. The molecule has 2 fully saturated rings. The summed E-state index contributed by atoms with van der Waals surface area (Å²) in [6, 6.07) is 9.69. The van der Waals surface area contributed by atoms with Crippen LogP contribution in [0.1, 0.15) is 31.2 Å². The van der Waals surface area contributed by atoms with E-state index in [1.165, 1.54) is 18.9 Å². The van der Waals surface area contributed by atoms with Crippen molar-refractivity contribution in [3.05, 3.63) is 47.7 Å². The van der Waals surface area contributed by atoms with E-state index in [1.807, 2.05) is 30.3 Å². The van der Waals surface area contributed by atoms with Crippen LogP contribution in [0, 0.1) is 5.92 Å². The van der Waals surface area contributed by atoms with Crippen molar-refractivity contribution >= 4 is 5.97 Å². The van der Waals surface area contributed by atoms with Crippen LogP contribution in [-0.2, 0) is 20.9 Å². The van der Waals surface area contributed by atoms with Gasteiger partial charge in [-0.15, -0.1) is 0 Å². The second-order valence-corrected chi connectivity index (χ2v) is 5.26. The molecule has 100 valence electrons. The van der Waals surface area contributed by atoms with Crippen LogP contribution in [0.25, 0.3) is 0 Å². The molecule has 1 saturated heterocycles. The first-order chi connectivity index (χ1) is 9.31. The normalized spacial score (nSPS) is 27.1. The zero-order chi connectivity index (χ0) is 13.1. The monoisotopic (exact) mass is 258 g/mol. The van der Waals surface area contributed by atoms with Crippen molar-refractivity contribution in [2.45, 2.75) is 38.4 Å². The summed E-state index contributed by atoms with van der Waals surface area (Å²) in [7, 11) is 0. The first kappa shape index (κ1) is 12.3. The van der Waals surface area contributed by atoms with E-state index in [4.69, 9.17) is 9.47 Å². The molecule has 2 atom stereocenters. The van der Waals surface area contributed by atoms with Gasteiger partial charge >= 0.3 is 5.97 Å². The number of benzene rings is 1. The Morgan fingerprint density at radius 1 is 1.32 bits per heavy atom. The lowest BCUT2D eigenvalue weighted by Crippen LogP contribution is -2.06. The maximum absolute atomic E-state index is 11.7. The molecule has 1 heterocycles. The van der Waals surface area contributed by atoms with Crippen molar-refractivity contribution in [3.63, 3.8) is 0 Å². The highest BCUT2D eigenvalue weighted by atomic mass is 16.5.